The van der Waals surface area contributed by atoms with Crippen LogP contribution in [0.25, 0.3) is 21.5 Å². The normalized spacial score (nSPS) is 19.9. The molecule has 3 N–H and O–H groups in total. The van der Waals surface area contributed by atoms with Crippen LogP contribution < -0.4 is 11.1 Å². The zero-order chi connectivity index (χ0) is 23.7. The molecule has 5 rings (SSSR count). The van der Waals surface area contributed by atoms with E-state index in [1.54, 1.807) is 11.3 Å². The summed E-state index contributed by atoms with van der Waals surface area (Å²) in [6.45, 7) is 8.41. The number of hydrogen-bond acceptors (Lipinski definition) is 7. The number of fused-ring (bicyclic) bond motifs is 1. The molecule has 2 unspecified atom stereocenters. The standard InChI is InChI=1S/C27H32N6S/c1-4-33-12-6-9-22(27(33)28)20-8-5-7-19(13-20)17(2)30-26-15-24(31-18(3)32-26)21-10-11-23-25(14-21)34-16-29-23/h5,7-8,10-11,13-17,22,27H,4,6,9,12,28H2,1-3H3,(H,30,31,32)/t17-,22?,27?/m0/s1. The Kier molecular flexibility index (Phi) is 6.59. The fourth-order valence-electron chi connectivity index (χ4n) is 4.99. The second-order valence-corrected chi connectivity index (χ2v) is 10.0. The Bertz CT molecular complexity index is 1290. The monoisotopic (exact) mass is 472 g/mol. The largest absolute Gasteiger partial charge is 0.363 e. The first-order valence-electron chi connectivity index (χ1n) is 12.1. The van der Waals surface area contributed by atoms with Gasteiger partial charge in [0.05, 0.1) is 27.6 Å². The summed E-state index contributed by atoms with van der Waals surface area (Å²) in [5, 5.41) is 3.60. The van der Waals surface area contributed by atoms with Gasteiger partial charge in [-0.05, 0) is 63.0 Å². The van der Waals surface area contributed by atoms with Gasteiger partial charge in [0.2, 0.25) is 0 Å². The maximum Gasteiger partial charge on any atom is 0.130 e. The third kappa shape index (κ3) is 4.69. The van der Waals surface area contributed by atoms with Crippen LogP contribution in [0.5, 0.6) is 0 Å². The topological polar surface area (TPSA) is 80.0 Å². The predicted octanol–water partition coefficient (Wildman–Crippen LogP) is 5.72. The number of aryl methyl sites for hydroxylation is 1. The first-order valence-corrected chi connectivity index (χ1v) is 12.9. The second-order valence-electron chi connectivity index (χ2n) is 9.12. The third-order valence-corrected chi connectivity index (χ3v) is 7.66. The van der Waals surface area contributed by atoms with E-state index in [4.69, 9.17) is 5.73 Å². The predicted molar refractivity (Wildman–Crippen MR) is 141 cm³/mol. The van der Waals surface area contributed by atoms with Gasteiger partial charge < -0.3 is 11.1 Å². The summed E-state index contributed by atoms with van der Waals surface area (Å²) < 4.78 is 1.16. The van der Waals surface area contributed by atoms with Crippen LogP contribution in [0.3, 0.4) is 0 Å². The van der Waals surface area contributed by atoms with Crippen molar-refractivity contribution in [2.75, 3.05) is 18.4 Å². The number of nitrogens with zero attached hydrogens (tertiary/aromatic N) is 4. The Balaban J connectivity index is 1.37. The lowest BCUT2D eigenvalue weighted by Crippen LogP contribution is -2.49. The van der Waals surface area contributed by atoms with Crippen molar-refractivity contribution >= 4 is 27.4 Å². The van der Waals surface area contributed by atoms with Crippen molar-refractivity contribution in [3.63, 3.8) is 0 Å². The van der Waals surface area contributed by atoms with E-state index in [9.17, 15) is 0 Å². The summed E-state index contributed by atoms with van der Waals surface area (Å²) in [5.41, 5.74) is 14.1. The fourth-order valence-corrected chi connectivity index (χ4v) is 5.71. The molecule has 2 aromatic heterocycles. The number of nitrogens with one attached hydrogen (secondary N) is 1. The van der Waals surface area contributed by atoms with Crippen LogP contribution in [0.15, 0.2) is 54.0 Å². The van der Waals surface area contributed by atoms with Crippen molar-refractivity contribution in [3.8, 4) is 11.3 Å². The molecule has 0 radical (unpaired) electrons. The summed E-state index contributed by atoms with van der Waals surface area (Å²) in [6, 6.07) is 17.3. The molecule has 176 valence electrons. The number of nitrogens with two attached hydrogens (primary N) is 1. The zero-order valence-corrected chi connectivity index (χ0v) is 20.8. The molecule has 0 bridgehead atoms. The summed E-state index contributed by atoms with van der Waals surface area (Å²) in [4.78, 5) is 16.1. The highest BCUT2D eigenvalue weighted by atomic mass is 32.1. The second kappa shape index (κ2) is 9.78. The van der Waals surface area contributed by atoms with E-state index < -0.39 is 0 Å². The van der Waals surface area contributed by atoms with Gasteiger partial charge in [-0.25, -0.2) is 15.0 Å². The van der Waals surface area contributed by atoms with Crippen LogP contribution in [0.4, 0.5) is 5.82 Å². The van der Waals surface area contributed by atoms with Gasteiger partial charge in [-0.15, -0.1) is 11.3 Å². The number of hydrogen-bond donors (Lipinski definition) is 2. The molecule has 1 saturated heterocycles. The minimum Gasteiger partial charge on any atom is -0.363 e. The molecule has 0 spiro atoms. The molecule has 0 saturated carbocycles. The maximum absolute atomic E-state index is 6.62. The third-order valence-electron chi connectivity index (χ3n) is 6.87. The van der Waals surface area contributed by atoms with Crippen LogP contribution in [0.2, 0.25) is 0 Å². The summed E-state index contributed by atoms with van der Waals surface area (Å²) in [7, 11) is 0. The Morgan fingerprint density at radius 2 is 2.06 bits per heavy atom. The smallest absolute Gasteiger partial charge is 0.130 e. The quantitative estimate of drug-likeness (QED) is 0.374. The van der Waals surface area contributed by atoms with E-state index >= 15 is 0 Å². The molecule has 4 aromatic rings. The zero-order valence-electron chi connectivity index (χ0n) is 20.0. The number of piperidine rings is 1. The van der Waals surface area contributed by atoms with E-state index in [0.717, 1.165) is 52.6 Å². The van der Waals surface area contributed by atoms with Crippen LogP contribution in [-0.2, 0) is 0 Å². The van der Waals surface area contributed by atoms with Gasteiger partial charge in [0.25, 0.3) is 0 Å². The van der Waals surface area contributed by atoms with Crippen molar-refractivity contribution in [1.82, 2.24) is 19.9 Å². The number of benzene rings is 2. The average molecular weight is 473 g/mol. The Morgan fingerprint density at radius 1 is 1.18 bits per heavy atom. The molecular formula is C27H32N6S. The van der Waals surface area contributed by atoms with Gasteiger partial charge in [-0.2, -0.15) is 0 Å². The molecule has 0 amide bonds. The van der Waals surface area contributed by atoms with Crippen LogP contribution in [0, 0.1) is 6.92 Å². The number of aromatic nitrogens is 3. The number of thiazole rings is 1. The van der Waals surface area contributed by atoms with Crippen LogP contribution in [0.1, 0.15) is 55.6 Å². The molecule has 1 aliphatic rings. The van der Waals surface area contributed by atoms with Crippen molar-refractivity contribution in [2.24, 2.45) is 5.73 Å². The summed E-state index contributed by atoms with van der Waals surface area (Å²) in [5.74, 6) is 1.95. The summed E-state index contributed by atoms with van der Waals surface area (Å²) in [6.07, 6.45) is 2.42. The first-order chi connectivity index (χ1) is 16.5. The lowest BCUT2D eigenvalue weighted by molar-refractivity contribution is 0.137. The van der Waals surface area contributed by atoms with Crippen molar-refractivity contribution < 1.29 is 0 Å². The maximum atomic E-state index is 6.62. The number of anilines is 1. The molecule has 6 nitrogen and oxygen atoms in total. The lowest BCUT2D eigenvalue weighted by atomic mass is 9.86. The van der Waals surface area contributed by atoms with Crippen molar-refractivity contribution in [2.45, 2.75) is 51.7 Å². The van der Waals surface area contributed by atoms with Gasteiger partial charge >= 0.3 is 0 Å². The van der Waals surface area contributed by atoms with E-state index in [2.05, 4.69) is 81.5 Å². The highest BCUT2D eigenvalue weighted by Crippen LogP contribution is 2.32. The van der Waals surface area contributed by atoms with E-state index in [0.29, 0.717) is 5.92 Å². The highest BCUT2D eigenvalue weighted by molar-refractivity contribution is 7.16. The van der Waals surface area contributed by atoms with E-state index in [1.165, 1.54) is 17.5 Å². The van der Waals surface area contributed by atoms with Crippen molar-refractivity contribution in [1.29, 1.82) is 0 Å². The molecule has 1 fully saturated rings. The SMILES string of the molecule is CCN1CCCC(c2cccc([C@H](C)Nc3cc(-c4ccc5ncsc5c4)nc(C)n3)c2)C1N. The number of likely N-dealkylation sites (N-methyl/N-ethyl adjacent to an activating group) is 1. The van der Waals surface area contributed by atoms with Gasteiger partial charge in [0.15, 0.2) is 0 Å². The first kappa shape index (κ1) is 22.9. The highest BCUT2D eigenvalue weighted by Gasteiger charge is 2.28. The minimum atomic E-state index is 0.0835. The van der Waals surface area contributed by atoms with Gasteiger partial charge in [-0.1, -0.05) is 37.3 Å². The number of likely N-dealkylation sites (tertiary alicyclic amines) is 1. The molecule has 2 aromatic carbocycles. The summed E-state index contributed by atoms with van der Waals surface area (Å²) >= 11 is 1.65. The molecule has 7 heteroatoms. The molecule has 0 aliphatic carbocycles. The van der Waals surface area contributed by atoms with E-state index in [1.807, 2.05) is 18.5 Å². The fraction of sp³-hybridized carbons (Fsp3) is 0.370. The minimum absolute atomic E-state index is 0.0835. The molecular weight excluding hydrogens is 440 g/mol. The van der Waals surface area contributed by atoms with Gasteiger partial charge in [-0.3, -0.25) is 4.90 Å². The Hall–Kier alpha value is -2.87. The molecule has 1 aliphatic heterocycles. The van der Waals surface area contributed by atoms with E-state index in [-0.39, 0.29) is 12.2 Å². The molecule has 3 atom stereocenters. The molecule has 3 heterocycles. The molecule has 34 heavy (non-hydrogen) atoms. The van der Waals surface area contributed by atoms with Gasteiger partial charge in [0, 0.05) is 23.6 Å². The van der Waals surface area contributed by atoms with Crippen molar-refractivity contribution in [3.05, 3.63) is 71.0 Å². The average Bonchev–Trinajstić information content (AvgIpc) is 3.32. The Morgan fingerprint density at radius 3 is 2.91 bits per heavy atom. The van der Waals surface area contributed by atoms with Gasteiger partial charge in [0.1, 0.15) is 11.6 Å². The number of rotatable bonds is 6. The van der Waals surface area contributed by atoms with Crippen LogP contribution in [-0.4, -0.2) is 39.1 Å². The van der Waals surface area contributed by atoms with Crippen LogP contribution >= 0.6 is 11.3 Å². The Labute approximate surface area is 205 Å². The lowest BCUT2D eigenvalue weighted by Gasteiger charge is -2.39.